The van der Waals surface area contributed by atoms with Gasteiger partial charge in [-0.3, -0.25) is 0 Å². The first-order valence-electron chi connectivity index (χ1n) is 7.80. The summed E-state index contributed by atoms with van der Waals surface area (Å²) in [7, 11) is 0. The fourth-order valence-electron chi connectivity index (χ4n) is 2.68. The van der Waals surface area contributed by atoms with Crippen LogP contribution in [-0.2, 0) is 0 Å². The molecular formula is C15H25ClN4. The van der Waals surface area contributed by atoms with Crippen LogP contribution in [0.15, 0.2) is 6.20 Å². The van der Waals surface area contributed by atoms with Gasteiger partial charge in [-0.25, -0.2) is 4.98 Å². The van der Waals surface area contributed by atoms with E-state index in [1.54, 1.807) is 6.20 Å². The van der Waals surface area contributed by atoms with Crippen molar-refractivity contribution in [3.05, 3.63) is 11.2 Å². The summed E-state index contributed by atoms with van der Waals surface area (Å²) < 4.78 is 0. The molecule has 112 valence electrons. The Morgan fingerprint density at radius 1 is 1.20 bits per heavy atom. The van der Waals surface area contributed by atoms with Crippen molar-refractivity contribution in [2.45, 2.75) is 51.9 Å². The number of hydrogen-bond acceptors (Lipinski definition) is 4. The third-order valence-corrected chi connectivity index (χ3v) is 4.12. The highest BCUT2D eigenvalue weighted by Crippen LogP contribution is 2.26. The van der Waals surface area contributed by atoms with Gasteiger partial charge >= 0.3 is 0 Å². The van der Waals surface area contributed by atoms with E-state index < -0.39 is 0 Å². The van der Waals surface area contributed by atoms with Gasteiger partial charge in [0.2, 0.25) is 5.95 Å². The SMILES string of the molecule is CCCNc1ncc(Cl)c(NCCC2CCCCC2)n1. The molecule has 1 aromatic heterocycles. The number of halogens is 1. The molecule has 20 heavy (non-hydrogen) atoms. The van der Waals surface area contributed by atoms with E-state index in [4.69, 9.17) is 11.6 Å². The minimum absolute atomic E-state index is 0.593. The Morgan fingerprint density at radius 2 is 2.00 bits per heavy atom. The van der Waals surface area contributed by atoms with Crippen molar-refractivity contribution < 1.29 is 0 Å². The van der Waals surface area contributed by atoms with Gasteiger partial charge in [-0.05, 0) is 18.8 Å². The summed E-state index contributed by atoms with van der Waals surface area (Å²) in [5, 5.41) is 7.13. The molecule has 2 N–H and O–H groups in total. The third kappa shape index (κ3) is 4.82. The standard InChI is InChI=1S/C15H25ClN4/c1-2-9-18-15-19-11-13(16)14(20-15)17-10-8-12-6-4-3-5-7-12/h11-12H,2-10H2,1H3,(H2,17,18,19,20). The maximum atomic E-state index is 6.14. The van der Waals surface area contributed by atoms with Gasteiger partial charge in [-0.2, -0.15) is 4.98 Å². The highest BCUT2D eigenvalue weighted by atomic mass is 35.5. The molecule has 1 aliphatic rings. The number of nitrogens with zero attached hydrogens (tertiary/aromatic N) is 2. The van der Waals surface area contributed by atoms with Crippen molar-refractivity contribution in [1.29, 1.82) is 0 Å². The predicted octanol–water partition coefficient (Wildman–Crippen LogP) is 4.33. The van der Waals surface area contributed by atoms with E-state index >= 15 is 0 Å². The Morgan fingerprint density at radius 3 is 2.75 bits per heavy atom. The number of nitrogens with one attached hydrogen (secondary N) is 2. The van der Waals surface area contributed by atoms with Gasteiger partial charge < -0.3 is 10.6 Å². The summed E-state index contributed by atoms with van der Waals surface area (Å²) in [6, 6.07) is 0. The molecule has 0 unspecified atom stereocenters. The molecule has 0 saturated heterocycles. The van der Waals surface area contributed by atoms with E-state index in [-0.39, 0.29) is 0 Å². The molecular weight excluding hydrogens is 272 g/mol. The van der Waals surface area contributed by atoms with E-state index in [9.17, 15) is 0 Å². The summed E-state index contributed by atoms with van der Waals surface area (Å²) in [6.45, 7) is 3.93. The van der Waals surface area contributed by atoms with Crippen LogP contribution >= 0.6 is 11.6 Å². The maximum absolute atomic E-state index is 6.14. The number of aromatic nitrogens is 2. The lowest BCUT2D eigenvalue weighted by molar-refractivity contribution is 0.345. The Labute approximate surface area is 126 Å². The normalized spacial score (nSPS) is 16.1. The molecule has 1 aromatic rings. The summed E-state index contributed by atoms with van der Waals surface area (Å²) in [4.78, 5) is 8.61. The van der Waals surface area contributed by atoms with Crippen LogP contribution in [0.25, 0.3) is 0 Å². The molecule has 1 fully saturated rings. The van der Waals surface area contributed by atoms with Gasteiger partial charge in [-0.1, -0.05) is 50.6 Å². The number of hydrogen-bond donors (Lipinski definition) is 2. The van der Waals surface area contributed by atoms with Crippen LogP contribution < -0.4 is 10.6 Å². The zero-order chi connectivity index (χ0) is 14.2. The van der Waals surface area contributed by atoms with Crippen LogP contribution in [-0.4, -0.2) is 23.1 Å². The predicted molar refractivity (Wildman–Crippen MR) is 85.5 cm³/mol. The summed E-state index contributed by atoms with van der Waals surface area (Å²) in [6.07, 6.45) is 10.9. The van der Waals surface area contributed by atoms with Crippen LogP contribution in [0.3, 0.4) is 0 Å². The Bertz CT molecular complexity index is 405. The van der Waals surface area contributed by atoms with Gasteiger partial charge in [0.1, 0.15) is 10.8 Å². The van der Waals surface area contributed by atoms with Gasteiger partial charge in [0.05, 0.1) is 6.20 Å². The molecule has 2 rings (SSSR count). The lowest BCUT2D eigenvalue weighted by atomic mass is 9.87. The van der Waals surface area contributed by atoms with Crippen LogP contribution in [0.5, 0.6) is 0 Å². The second kappa shape index (κ2) is 8.30. The minimum Gasteiger partial charge on any atom is -0.369 e. The van der Waals surface area contributed by atoms with Gasteiger partial charge in [0, 0.05) is 13.1 Å². The second-order valence-electron chi connectivity index (χ2n) is 5.54. The van der Waals surface area contributed by atoms with Crippen LogP contribution in [0.2, 0.25) is 5.02 Å². The average Bonchev–Trinajstić information content (AvgIpc) is 2.49. The highest BCUT2D eigenvalue weighted by Gasteiger charge is 2.13. The number of rotatable bonds is 7. The topological polar surface area (TPSA) is 49.8 Å². The lowest BCUT2D eigenvalue weighted by Gasteiger charge is -2.21. The van der Waals surface area contributed by atoms with E-state index in [2.05, 4.69) is 27.5 Å². The van der Waals surface area contributed by atoms with Gasteiger partial charge in [0.15, 0.2) is 0 Å². The first kappa shape index (κ1) is 15.4. The average molecular weight is 297 g/mol. The molecule has 1 aliphatic carbocycles. The molecule has 0 aliphatic heterocycles. The van der Waals surface area contributed by atoms with Crippen molar-refractivity contribution in [1.82, 2.24) is 9.97 Å². The summed E-state index contributed by atoms with van der Waals surface area (Å²) >= 11 is 6.14. The van der Waals surface area contributed by atoms with Crippen molar-refractivity contribution in [3.8, 4) is 0 Å². The van der Waals surface area contributed by atoms with E-state index in [0.29, 0.717) is 11.0 Å². The smallest absolute Gasteiger partial charge is 0.224 e. The third-order valence-electron chi connectivity index (χ3n) is 3.85. The van der Waals surface area contributed by atoms with Crippen LogP contribution in [0.4, 0.5) is 11.8 Å². The van der Waals surface area contributed by atoms with E-state index in [1.165, 1.54) is 38.5 Å². The summed E-state index contributed by atoms with van der Waals surface area (Å²) in [5.41, 5.74) is 0. The molecule has 0 aromatic carbocycles. The monoisotopic (exact) mass is 296 g/mol. The fraction of sp³-hybridized carbons (Fsp3) is 0.733. The van der Waals surface area contributed by atoms with Gasteiger partial charge in [-0.15, -0.1) is 0 Å². The van der Waals surface area contributed by atoms with Crippen molar-refractivity contribution in [2.75, 3.05) is 23.7 Å². The molecule has 5 heteroatoms. The number of anilines is 2. The van der Waals surface area contributed by atoms with E-state index in [0.717, 1.165) is 31.2 Å². The zero-order valence-electron chi connectivity index (χ0n) is 12.3. The minimum atomic E-state index is 0.593. The maximum Gasteiger partial charge on any atom is 0.224 e. The van der Waals surface area contributed by atoms with Crippen LogP contribution in [0, 0.1) is 5.92 Å². The first-order valence-corrected chi connectivity index (χ1v) is 8.17. The molecule has 0 spiro atoms. The second-order valence-corrected chi connectivity index (χ2v) is 5.94. The molecule has 4 nitrogen and oxygen atoms in total. The molecule has 0 amide bonds. The van der Waals surface area contributed by atoms with Crippen molar-refractivity contribution >= 4 is 23.4 Å². The molecule has 0 bridgehead atoms. The highest BCUT2D eigenvalue weighted by molar-refractivity contribution is 6.32. The van der Waals surface area contributed by atoms with E-state index in [1.807, 2.05) is 0 Å². The fourth-order valence-corrected chi connectivity index (χ4v) is 2.84. The van der Waals surface area contributed by atoms with Crippen LogP contribution in [0.1, 0.15) is 51.9 Å². The Balaban J connectivity index is 1.81. The zero-order valence-corrected chi connectivity index (χ0v) is 13.0. The lowest BCUT2D eigenvalue weighted by Crippen LogP contribution is -2.13. The van der Waals surface area contributed by atoms with Crippen molar-refractivity contribution in [3.63, 3.8) is 0 Å². The molecule has 1 saturated carbocycles. The largest absolute Gasteiger partial charge is 0.369 e. The van der Waals surface area contributed by atoms with Crippen molar-refractivity contribution in [2.24, 2.45) is 5.92 Å². The quantitative estimate of drug-likeness (QED) is 0.786. The molecule has 0 atom stereocenters. The molecule has 1 heterocycles. The Kier molecular flexibility index (Phi) is 6.37. The summed E-state index contributed by atoms with van der Waals surface area (Å²) in [5.74, 6) is 2.27. The molecule has 0 radical (unpaired) electrons. The Hall–Kier alpha value is -1.03. The first-order chi connectivity index (χ1) is 9.79. The van der Waals surface area contributed by atoms with Gasteiger partial charge in [0.25, 0.3) is 0 Å².